The number of aryl methyl sites for hydroxylation is 1. The van der Waals surface area contributed by atoms with Crippen molar-refractivity contribution in [2.75, 3.05) is 33.4 Å². The van der Waals surface area contributed by atoms with Crippen molar-refractivity contribution < 1.29 is 19.1 Å². The maximum atomic E-state index is 12.8. The quantitative estimate of drug-likeness (QED) is 0.898. The summed E-state index contributed by atoms with van der Waals surface area (Å²) in [5, 5.41) is 2.55. The van der Waals surface area contributed by atoms with Crippen molar-refractivity contribution in [3.8, 4) is 0 Å². The number of likely N-dealkylation sites (N-methyl/N-ethyl adjacent to an activating group) is 1. The van der Waals surface area contributed by atoms with E-state index in [9.17, 15) is 9.59 Å². The molecule has 1 aromatic carbocycles. The van der Waals surface area contributed by atoms with Crippen molar-refractivity contribution in [2.24, 2.45) is 0 Å². The molecule has 6 heteroatoms. The van der Waals surface area contributed by atoms with Crippen LogP contribution in [0.2, 0.25) is 0 Å². The van der Waals surface area contributed by atoms with E-state index in [-0.39, 0.29) is 30.1 Å². The van der Waals surface area contributed by atoms with Crippen molar-refractivity contribution >= 4 is 11.8 Å². The van der Waals surface area contributed by atoms with Gasteiger partial charge in [-0.05, 0) is 31.9 Å². The summed E-state index contributed by atoms with van der Waals surface area (Å²) in [6, 6.07) is 7.68. The monoisotopic (exact) mass is 346 g/mol. The number of nitrogens with zero attached hydrogens (tertiary/aromatic N) is 1. The largest absolute Gasteiger partial charge is 0.370 e. The average molecular weight is 346 g/mol. The molecule has 2 heterocycles. The Morgan fingerprint density at radius 1 is 1.36 bits per heavy atom. The van der Waals surface area contributed by atoms with E-state index in [0.29, 0.717) is 18.7 Å². The zero-order valence-electron chi connectivity index (χ0n) is 14.9. The van der Waals surface area contributed by atoms with Gasteiger partial charge in [0.25, 0.3) is 5.91 Å². The maximum absolute atomic E-state index is 12.8. The predicted molar refractivity (Wildman–Crippen MR) is 93.4 cm³/mol. The van der Waals surface area contributed by atoms with Gasteiger partial charge in [-0.2, -0.15) is 0 Å². The predicted octanol–water partition coefficient (Wildman–Crippen LogP) is 1.52. The van der Waals surface area contributed by atoms with Crippen LogP contribution in [0.15, 0.2) is 24.3 Å². The summed E-state index contributed by atoms with van der Waals surface area (Å²) in [7, 11) is 1.59. The van der Waals surface area contributed by atoms with E-state index in [2.05, 4.69) is 5.32 Å². The highest BCUT2D eigenvalue weighted by Gasteiger charge is 2.45. The smallest absolute Gasteiger partial charge is 0.253 e. The molecule has 0 bridgehead atoms. The summed E-state index contributed by atoms with van der Waals surface area (Å²) in [4.78, 5) is 26.0. The highest BCUT2D eigenvalue weighted by Crippen LogP contribution is 2.36. The summed E-state index contributed by atoms with van der Waals surface area (Å²) >= 11 is 0. The van der Waals surface area contributed by atoms with Crippen molar-refractivity contribution in [3.63, 3.8) is 0 Å². The van der Waals surface area contributed by atoms with Crippen LogP contribution in [0.5, 0.6) is 0 Å². The van der Waals surface area contributed by atoms with Crippen molar-refractivity contribution in [1.82, 2.24) is 10.2 Å². The summed E-state index contributed by atoms with van der Waals surface area (Å²) in [6.45, 7) is 3.87. The topological polar surface area (TPSA) is 67.9 Å². The first-order valence-corrected chi connectivity index (χ1v) is 8.83. The zero-order chi connectivity index (χ0) is 17.9. The number of hydrogen-bond donors (Lipinski definition) is 1. The molecule has 1 N–H and O–H groups in total. The second-order valence-electron chi connectivity index (χ2n) is 7.00. The first kappa shape index (κ1) is 17.9. The van der Waals surface area contributed by atoms with Gasteiger partial charge in [-0.15, -0.1) is 0 Å². The van der Waals surface area contributed by atoms with E-state index in [1.54, 1.807) is 7.05 Å². The lowest BCUT2D eigenvalue weighted by Crippen LogP contribution is -2.50. The number of carbonyl (C=O) groups is 2. The first-order valence-electron chi connectivity index (χ1n) is 8.83. The highest BCUT2D eigenvalue weighted by atomic mass is 16.6. The van der Waals surface area contributed by atoms with Gasteiger partial charge in [0, 0.05) is 25.6 Å². The average Bonchev–Trinajstić information content (AvgIpc) is 3.02. The maximum Gasteiger partial charge on any atom is 0.253 e. The summed E-state index contributed by atoms with van der Waals surface area (Å²) in [6.07, 6.45) is 2.47. The molecule has 2 saturated heterocycles. The van der Waals surface area contributed by atoms with Crippen LogP contribution in [0, 0.1) is 6.92 Å². The third kappa shape index (κ3) is 4.19. The molecule has 0 unspecified atom stereocenters. The van der Waals surface area contributed by atoms with Crippen molar-refractivity contribution in [2.45, 2.75) is 37.9 Å². The number of rotatable bonds is 4. The molecular weight excluding hydrogens is 320 g/mol. The Kier molecular flexibility index (Phi) is 5.39. The molecule has 0 saturated carbocycles. The first-order chi connectivity index (χ1) is 12.0. The van der Waals surface area contributed by atoms with Crippen LogP contribution in [0.25, 0.3) is 0 Å². The lowest BCUT2D eigenvalue weighted by Gasteiger charge is -2.39. The fourth-order valence-electron chi connectivity index (χ4n) is 3.61. The van der Waals surface area contributed by atoms with Gasteiger partial charge in [0.2, 0.25) is 5.91 Å². The minimum absolute atomic E-state index is 0.0482. The number of hydrogen-bond acceptors (Lipinski definition) is 4. The van der Waals surface area contributed by atoms with Crippen LogP contribution >= 0.6 is 0 Å². The van der Waals surface area contributed by atoms with Crippen LogP contribution in [-0.2, 0) is 14.3 Å². The standard InChI is InChI=1S/C19H26N2O4/c1-14-4-6-15(7-5-14)18(23)21-9-3-8-19(13-21)10-16(11-25-19)24-12-17(22)20-2/h4-7,16H,3,8-13H2,1-2H3,(H,20,22)/t16-,19-/m1/s1. The van der Waals surface area contributed by atoms with Crippen LogP contribution in [0.3, 0.4) is 0 Å². The van der Waals surface area contributed by atoms with Gasteiger partial charge in [0.1, 0.15) is 6.61 Å². The van der Waals surface area contributed by atoms with Crippen molar-refractivity contribution in [1.29, 1.82) is 0 Å². The van der Waals surface area contributed by atoms with Gasteiger partial charge >= 0.3 is 0 Å². The van der Waals surface area contributed by atoms with Crippen LogP contribution < -0.4 is 5.32 Å². The number of nitrogens with one attached hydrogen (secondary N) is 1. The molecule has 2 aliphatic rings. The summed E-state index contributed by atoms with van der Waals surface area (Å²) in [5.41, 5.74) is 1.52. The molecule has 1 aromatic rings. The molecule has 0 aliphatic carbocycles. The van der Waals surface area contributed by atoms with Gasteiger partial charge < -0.3 is 19.7 Å². The molecule has 0 aromatic heterocycles. The van der Waals surface area contributed by atoms with Crippen molar-refractivity contribution in [3.05, 3.63) is 35.4 Å². The molecule has 1 spiro atoms. The lowest BCUT2D eigenvalue weighted by molar-refractivity contribution is -0.127. The van der Waals surface area contributed by atoms with Crippen LogP contribution in [0.1, 0.15) is 35.2 Å². The molecule has 25 heavy (non-hydrogen) atoms. The van der Waals surface area contributed by atoms with Gasteiger partial charge in [0.05, 0.1) is 24.9 Å². The molecular formula is C19H26N2O4. The normalized spacial score (nSPS) is 26.0. The molecule has 6 nitrogen and oxygen atoms in total. The highest BCUT2D eigenvalue weighted by molar-refractivity contribution is 5.94. The van der Waals surface area contributed by atoms with Gasteiger partial charge in [-0.3, -0.25) is 9.59 Å². The minimum Gasteiger partial charge on any atom is -0.370 e. The molecule has 2 fully saturated rings. The molecule has 2 aliphatic heterocycles. The third-order valence-corrected chi connectivity index (χ3v) is 5.03. The van der Waals surface area contributed by atoms with E-state index in [0.717, 1.165) is 31.4 Å². The number of ether oxygens (including phenoxy) is 2. The van der Waals surface area contributed by atoms with Gasteiger partial charge in [0.15, 0.2) is 0 Å². The third-order valence-electron chi connectivity index (χ3n) is 5.03. The van der Waals surface area contributed by atoms with Gasteiger partial charge in [-0.25, -0.2) is 0 Å². The molecule has 0 radical (unpaired) electrons. The van der Waals surface area contributed by atoms with E-state index in [1.165, 1.54) is 0 Å². The Morgan fingerprint density at radius 3 is 2.84 bits per heavy atom. The Morgan fingerprint density at radius 2 is 2.12 bits per heavy atom. The number of benzene rings is 1. The van der Waals surface area contributed by atoms with Gasteiger partial charge in [-0.1, -0.05) is 17.7 Å². The SMILES string of the molecule is CNC(=O)CO[C@H]1CO[C@]2(CCCN(C(=O)c3ccc(C)cc3)C2)C1. The van der Waals surface area contributed by atoms with E-state index in [4.69, 9.17) is 9.47 Å². The number of piperidine rings is 1. The number of amides is 2. The minimum atomic E-state index is -0.341. The van der Waals surface area contributed by atoms with Crippen LogP contribution in [-0.4, -0.2) is 61.8 Å². The Balaban J connectivity index is 1.60. The molecule has 2 amide bonds. The second-order valence-corrected chi connectivity index (χ2v) is 7.00. The Hall–Kier alpha value is -1.92. The fraction of sp³-hybridized carbons (Fsp3) is 0.579. The van der Waals surface area contributed by atoms with E-state index < -0.39 is 0 Å². The zero-order valence-corrected chi connectivity index (χ0v) is 14.9. The fourth-order valence-corrected chi connectivity index (χ4v) is 3.61. The molecule has 136 valence electrons. The van der Waals surface area contributed by atoms with E-state index in [1.807, 2.05) is 36.1 Å². The summed E-state index contributed by atoms with van der Waals surface area (Å²) in [5.74, 6) is -0.0850. The lowest BCUT2D eigenvalue weighted by atomic mass is 9.89. The molecule has 2 atom stereocenters. The Bertz CT molecular complexity index is 631. The summed E-state index contributed by atoms with van der Waals surface area (Å²) < 4.78 is 11.7. The number of likely N-dealkylation sites (tertiary alicyclic amines) is 1. The Labute approximate surface area is 148 Å². The second kappa shape index (κ2) is 7.54. The molecule has 3 rings (SSSR count). The van der Waals surface area contributed by atoms with E-state index >= 15 is 0 Å². The number of carbonyl (C=O) groups excluding carboxylic acids is 2. The van der Waals surface area contributed by atoms with Crippen LogP contribution in [0.4, 0.5) is 0 Å².